The molecular weight excluding hydrogens is 220 g/mol. The third-order valence-electron chi connectivity index (χ3n) is 3.12. The van der Waals surface area contributed by atoms with Gasteiger partial charge in [0.25, 0.3) is 0 Å². The summed E-state index contributed by atoms with van der Waals surface area (Å²) < 4.78 is 0. The van der Waals surface area contributed by atoms with Crippen molar-refractivity contribution in [3.05, 3.63) is 0 Å². The fourth-order valence-electron chi connectivity index (χ4n) is 2.04. The van der Waals surface area contributed by atoms with E-state index >= 15 is 0 Å². The van der Waals surface area contributed by atoms with Crippen LogP contribution in [-0.4, -0.2) is 36.5 Å². The standard InChI is InChI=1S/C12H24N2OS/c1-3-4-7-13-12(15)9-14-10-5-6-11(8-10)16-2/h10-11,14H,3-9H2,1-2H3,(H,13,15). The van der Waals surface area contributed by atoms with Gasteiger partial charge in [0.2, 0.25) is 5.91 Å². The van der Waals surface area contributed by atoms with Crippen LogP contribution >= 0.6 is 11.8 Å². The Kier molecular flexibility index (Phi) is 6.88. The molecule has 94 valence electrons. The molecule has 0 spiro atoms. The van der Waals surface area contributed by atoms with Crippen LogP contribution in [0.25, 0.3) is 0 Å². The molecule has 0 aromatic heterocycles. The highest BCUT2D eigenvalue weighted by Crippen LogP contribution is 2.27. The minimum absolute atomic E-state index is 0.140. The van der Waals surface area contributed by atoms with E-state index in [4.69, 9.17) is 0 Å². The maximum atomic E-state index is 11.4. The number of unbranched alkanes of at least 4 members (excludes halogenated alkanes) is 1. The Balaban J connectivity index is 2.04. The summed E-state index contributed by atoms with van der Waals surface area (Å²) >= 11 is 1.95. The first kappa shape index (κ1) is 13.8. The van der Waals surface area contributed by atoms with E-state index in [1.807, 2.05) is 11.8 Å². The van der Waals surface area contributed by atoms with Crippen molar-refractivity contribution in [2.75, 3.05) is 19.3 Å². The van der Waals surface area contributed by atoms with Gasteiger partial charge in [-0.15, -0.1) is 0 Å². The molecule has 1 aliphatic rings. The van der Waals surface area contributed by atoms with Gasteiger partial charge in [-0.2, -0.15) is 11.8 Å². The Morgan fingerprint density at radius 3 is 2.88 bits per heavy atom. The van der Waals surface area contributed by atoms with Crippen molar-refractivity contribution >= 4 is 17.7 Å². The highest BCUT2D eigenvalue weighted by Gasteiger charge is 2.23. The first-order chi connectivity index (χ1) is 7.76. The molecular formula is C12H24N2OS. The summed E-state index contributed by atoms with van der Waals surface area (Å²) in [5, 5.41) is 7.07. The van der Waals surface area contributed by atoms with Crippen LogP contribution in [0.5, 0.6) is 0 Å². The summed E-state index contributed by atoms with van der Waals surface area (Å²) in [7, 11) is 0. The summed E-state index contributed by atoms with van der Waals surface area (Å²) in [5.74, 6) is 0.140. The third-order valence-corrected chi connectivity index (χ3v) is 4.22. The lowest BCUT2D eigenvalue weighted by molar-refractivity contribution is -0.120. The van der Waals surface area contributed by atoms with E-state index in [2.05, 4.69) is 23.8 Å². The summed E-state index contributed by atoms with van der Waals surface area (Å²) in [6.45, 7) is 3.43. The highest BCUT2D eigenvalue weighted by molar-refractivity contribution is 7.99. The van der Waals surface area contributed by atoms with Crippen molar-refractivity contribution in [2.24, 2.45) is 0 Å². The Morgan fingerprint density at radius 1 is 1.44 bits per heavy atom. The second kappa shape index (κ2) is 7.96. The van der Waals surface area contributed by atoms with Crippen LogP contribution in [0.2, 0.25) is 0 Å². The molecule has 0 aromatic carbocycles. The van der Waals surface area contributed by atoms with Crippen molar-refractivity contribution < 1.29 is 4.79 Å². The maximum absolute atomic E-state index is 11.4. The number of rotatable bonds is 7. The average Bonchev–Trinajstić information content (AvgIpc) is 2.74. The Labute approximate surface area is 103 Å². The first-order valence-electron chi connectivity index (χ1n) is 6.29. The molecule has 2 unspecified atom stereocenters. The van der Waals surface area contributed by atoms with Gasteiger partial charge in [-0.3, -0.25) is 4.79 Å². The quantitative estimate of drug-likeness (QED) is 0.671. The van der Waals surface area contributed by atoms with Crippen molar-refractivity contribution in [3.63, 3.8) is 0 Å². The molecule has 3 nitrogen and oxygen atoms in total. The molecule has 1 rings (SSSR count). The molecule has 2 atom stereocenters. The maximum Gasteiger partial charge on any atom is 0.233 e. The number of thioether (sulfide) groups is 1. The lowest BCUT2D eigenvalue weighted by Gasteiger charge is -2.12. The highest BCUT2D eigenvalue weighted by atomic mass is 32.2. The molecule has 16 heavy (non-hydrogen) atoms. The zero-order valence-corrected chi connectivity index (χ0v) is 11.2. The van der Waals surface area contributed by atoms with Crippen molar-refractivity contribution in [1.29, 1.82) is 0 Å². The summed E-state index contributed by atoms with van der Waals surface area (Å²) in [4.78, 5) is 11.4. The van der Waals surface area contributed by atoms with Crippen LogP contribution in [-0.2, 0) is 4.79 Å². The van der Waals surface area contributed by atoms with Gasteiger partial charge in [-0.1, -0.05) is 13.3 Å². The van der Waals surface area contributed by atoms with Gasteiger partial charge in [0.15, 0.2) is 0 Å². The van der Waals surface area contributed by atoms with Crippen LogP contribution in [0, 0.1) is 0 Å². The normalized spacial score (nSPS) is 24.6. The van der Waals surface area contributed by atoms with E-state index in [1.54, 1.807) is 0 Å². The molecule has 4 heteroatoms. The smallest absolute Gasteiger partial charge is 0.233 e. The third kappa shape index (κ3) is 5.21. The largest absolute Gasteiger partial charge is 0.355 e. The second-order valence-electron chi connectivity index (χ2n) is 4.45. The molecule has 1 amide bonds. The van der Waals surface area contributed by atoms with E-state index in [0.717, 1.165) is 24.6 Å². The van der Waals surface area contributed by atoms with Crippen molar-refractivity contribution in [2.45, 2.75) is 50.3 Å². The zero-order valence-electron chi connectivity index (χ0n) is 10.4. The average molecular weight is 244 g/mol. The van der Waals surface area contributed by atoms with Crippen LogP contribution in [0.1, 0.15) is 39.0 Å². The summed E-state index contributed by atoms with van der Waals surface area (Å²) in [5.41, 5.74) is 0. The lowest BCUT2D eigenvalue weighted by Crippen LogP contribution is -2.38. The molecule has 0 aliphatic heterocycles. The number of nitrogens with one attached hydrogen (secondary N) is 2. The monoisotopic (exact) mass is 244 g/mol. The molecule has 1 aliphatic carbocycles. The molecule has 0 saturated heterocycles. The van der Waals surface area contributed by atoms with Gasteiger partial charge in [0, 0.05) is 17.8 Å². The van der Waals surface area contributed by atoms with Crippen molar-refractivity contribution in [3.8, 4) is 0 Å². The Bertz CT molecular complexity index is 211. The predicted octanol–water partition coefficient (Wildman–Crippen LogP) is 1.78. The van der Waals surface area contributed by atoms with E-state index in [9.17, 15) is 4.79 Å². The first-order valence-corrected chi connectivity index (χ1v) is 7.58. The van der Waals surface area contributed by atoms with Crippen LogP contribution in [0.4, 0.5) is 0 Å². The number of hydrogen-bond acceptors (Lipinski definition) is 3. The van der Waals surface area contributed by atoms with Gasteiger partial charge in [-0.25, -0.2) is 0 Å². The minimum atomic E-state index is 0.140. The molecule has 0 aromatic rings. The number of carbonyl (C=O) groups excluding carboxylic acids is 1. The van der Waals surface area contributed by atoms with E-state index in [1.165, 1.54) is 19.3 Å². The molecule has 0 heterocycles. The van der Waals surface area contributed by atoms with E-state index in [-0.39, 0.29) is 5.91 Å². The SMILES string of the molecule is CCCCNC(=O)CNC1CCC(SC)C1. The molecule has 1 fully saturated rings. The number of amides is 1. The van der Waals surface area contributed by atoms with Gasteiger partial charge < -0.3 is 10.6 Å². The Hall–Kier alpha value is -0.220. The van der Waals surface area contributed by atoms with Crippen LogP contribution in [0.15, 0.2) is 0 Å². The molecule has 2 N–H and O–H groups in total. The van der Waals surface area contributed by atoms with Crippen LogP contribution in [0.3, 0.4) is 0 Å². The fourth-order valence-corrected chi connectivity index (χ4v) is 2.84. The van der Waals surface area contributed by atoms with Crippen LogP contribution < -0.4 is 10.6 Å². The van der Waals surface area contributed by atoms with Gasteiger partial charge in [-0.05, 0) is 31.9 Å². The summed E-state index contributed by atoms with van der Waals surface area (Å²) in [6.07, 6.45) is 8.09. The Morgan fingerprint density at radius 2 is 2.25 bits per heavy atom. The van der Waals surface area contributed by atoms with Gasteiger partial charge >= 0.3 is 0 Å². The second-order valence-corrected chi connectivity index (χ2v) is 5.59. The topological polar surface area (TPSA) is 41.1 Å². The number of carbonyl (C=O) groups is 1. The summed E-state index contributed by atoms with van der Waals surface area (Å²) in [6, 6.07) is 0.550. The van der Waals surface area contributed by atoms with Gasteiger partial charge in [0.1, 0.15) is 0 Å². The predicted molar refractivity (Wildman–Crippen MR) is 70.9 cm³/mol. The number of hydrogen-bond donors (Lipinski definition) is 2. The molecule has 0 radical (unpaired) electrons. The minimum Gasteiger partial charge on any atom is -0.355 e. The van der Waals surface area contributed by atoms with Gasteiger partial charge in [0.05, 0.1) is 6.54 Å². The van der Waals surface area contributed by atoms with E-state index in [0.29, 0.717) is 12.6 Å². The molecule has 1 saturated carbocycles. The van der Waals surface area contributed by atoms with Crippen molar-refractivity contribution in [1.82, 2.24) is 10.6 Å². The fraction of sp³-hybridized carbons (Fsp3) is 0.917. The van der Waals surface area contributed by atoms with E-state index < -0.39 is 0 Å². The lowest BCUT2D eigenvalue weighted by atomic mass is 10.2. The zero-order chi connectivity index (χ0) is 11.8. The molecule has 0 bridgehead atoms.